The molecule has 0 atom stereocenters. The molecule has 0 bridgehead atoms. The van der Waals surface area contributed by atoms with E-state index in [1.165, 1.54) is 0 Å². The maximum atomic E-state index is 13.1. The number of halogens is 1. The highest BCUT2D eigenvalue weighted by atomic mass is 35.5. The average molecular weight is 467 g/mol. The molecule has 0 saturated carbocycles. The number of benzene rings is 3. The van der Waals surface area contributed by atoms with Crippen molar-refractivity contribution in [1.29, 1.82) is 0 Å². The smallest absolute Gasteiger partial charge is 0.251 e. The highest BCUT2D eigenvalue weighted by molar-refractivity contribution is 6.31. The van der Waals surface area contributed by atoms with Crippen LogP contribution in [0.3, 0.4) is 0 Å². The molecule has 1 aliphatic heterocycles. The molecule has 172 valence electrons. The summed E-state index contributed by atoms with van der Waals surface area (Å²) < 4.78 is 17.3. The van der Waals surface area contributed by atoms with Crippen LogP contribution in [0.25, 0.3) is 11.1 Å². The van der Waals surface area contributed by atoms with Crippen molar-refractivity contribution in [3.05, 3.63) is 65.2 Å². The van der Waals surface area contributed by atoms with Gasteiger partial charge in [0, 0.05) is 23.2 Å². The number of nitrogens with zero attached hydrogens (tertiary/aromatic N) is 1. The second-order valence-corrected chi connectivity index (χ2v) is 8.82. The third-order valence-electron chi connectivity index (χ3n) is 5.80. The van der Waals surface area contributed by atoms with Crippen LogP contribution in [0.2, 0.25) is 5.02 Å². The number of hydrogen-bond donors (Lipinski definition) is 1. The van der Waals surface area contributed by atoms with Gasteiger partial charge in [0.25, 0.3) is 5.91 Å². The first-order chi connectivity index (χ1) is 15.8. The quantitative estimate of drug-likeness (QED) is 0.499. The highest BCUT2D eigenvalue weighted by Gasteiger charge is 2.38. The molecule has 3 aromatic rings. The lowest BCUT2D eigenvalue weighted by Gasteiger charge is -2.39. The minimum atomic E-state index is -0.724. The van der Waals surface area contributed by atoms with Crippen LogP contribution < -0.4 is 24.4 Å². The van der Waals surface area contributed by atoms with Crippen molar-refractivity contribution in [2.45, 2.75) is 26.0 Å². The summed E-state index contributed by atoms with van der Waals surface area (Å²) in [6.45, 7) is 3.94. The van der Waals surface area contributed by atoms with Gasteiger partial charge in [0.15, 0.2) is 11.5 Å². The second kappa shape index (κ2) is 8.87. The molecule has 1 amide bonds. The molecule has 0 saturated heterocycles. The van der Waals surface area contributed by atoms with Gasteiger partial charge >= 0.3 is 0 Å². The Hall–Kier alpha value is -3.38. The Balaban J connectivity index is 1.90. The maximum Gasteiger partial charge on any atom is 0.251 e. The van der Waals surface area contributed by atoms with Crippen molar-refractivity contribution in [3.63, 3.8) is 0 Å². The molecule has 0 aliphatic carbocycles. The van der Waals surface area contributed by atoms with Gasteiger partial charge in [0.2, 0.25) is 0 Å². The van der Waals surface area contributed by atoms with Crippen molar-refractivity contribution in [3.8, 4) is 28.4 Å². The molecule has 7 heteroatoms. The normalized spacial score (nSPS) is 14.4. The molecular formula is C26H27ClN2O4. The fraction of sp³-hybridized carbons (Fsp3) is 0.269. The van der Waals surface area contributed by atoms with Crippen LogP contribution in [-0.4, -0.2) is 32.7 Å². The van der Waals surface area contributed by atoms with Crippen molar-refractivity contribution in [2.24, 2.45) is 0 Å². The van der Waals surface area contributed by atoms with E-state index in [0.29, 0.717) is 22.3 Å². The number of carbonyl (C=O) groups excluding carboxylic acids is 1. The van der Waals surface area contributed by atoms with E-state index in [-0.39, 0.29) is 12.5 Å². The predicted molar refractivity (Wildman–Crippen MR) is 132 cm³/mol. The lowest BCUT2D eigenvalue weighted by molar-refractivity contribution is -0.121. The number of hydrogen-bond acceptors (Lipinski definition) is 5. The predicted octanol–water partition coefficient (Wildman–Crippen LogP) is 5.77. The topological polar surface area (TPSA) is 60.0 Å². The number of likely N-dealkylation sites (N-methyl/N-ethyl adjacent to an activating group) is 1. The summed E-state index contributed by atoms with van der Waals surface area (Å²) in [4.78, 5) is 14.8. The lowest BCUT2D eigenvalue weighted by Crippen LogP contribution is -2.52. The van der Waals surface area contributed by atoms with Crippen LogP contribution in [0, 0.1) is 0 Å². The number of fused-ring (bicyclic) bond motifs is 1. The molecule has 0 unspecified atom stereocenters. The van der Waals surface area contributed by atoms with Gasteiger partial charge in [-0.15, -0.1) is 0 Å². The van der Waals surface area contributed by atoms with E-state index in [4.69, 9.17) is 25.8 Å². The minimum Gasteiger partial charge on any atom is -0.496 e. The Morgan fingerprint density at radius 3 is 2.33 bits per heavy atom. The molecule has 1 heterocycles. The zero-order chi connectivity index (χ0) is 23.8. The SMILES string of the molecule is COc1ccccc1OCc1c(-c2cc(Cl)ccc2OC)ccc2c1N(C)C(=O)C(C)(C)N2. The molecule has 1 N–H and O–H groups in total. The van der Waals surface area contributed by atoms with Crippen LogP contribution >= 0.6 is 11.6 Å². The number of rotatable bonds is 6. The number of anilines is 2. The molecule has 0 aromatic heterocycles. The van der Waals surface area contributed by atoms with E-state index in [0.717, 1.165) is 28.1 Å². The van der Waals surface area contributed by atoms with Gasteiger partial charge in [-0.05, 0) is 55.8 Å². The molecule has 0 spiro atoms. The van der Waals surface area contributed by atoms with Gasteiger partial charge in [-0.2, -0.15) is 0 Å². The zero-order valence-electron chi connectivity index (χ0n) is 19.4. The van der Waals surface area contributed by atoms with Gasteiger partial charge in [0.1, 0.15) is 17.9 Å². The number of ether oxygens (including phenoxy) is 3. The van der Waals surface area contributed by atoms with Crippen LogP contribution in [0.5, 0.6) is 17.2 Å². The molecule has 3 aromatic carbocycles. The van der Waals surface area contributed by atoms with E-state index in [1.54, 1.807) is 32.2 Å². The van der Waals surface area contributed by atoms with Crippen LogP contribution in [0.1, 0.15) is 19.4 Å². The van der Waals surface area contributed by atoms with Crippen LogP contribution in [0.15, 0.2) is 54.6 Å². The van der Waals surface area contributed by atoms with Crippen molar-refractivity contribution in [1.82, 2.24) is 0 Å². The monoisotopic (exact) mass is 466 g/mol. The number of methoxy groups -OCH3 is 2. The Bertz CT molecular complexity index is 1210. The summed E-state index contributed by atoms with van der Waals surface area (Å²) in [6.07, 6.45) is 0. The fourth-order valence-corrected chi connectivity index (χ4v) is 4.38. The van der Waals surface area contributed by atoms with Crippen molar-refractivity contribution in [2.75, 3.05) is 31.5 Å². The third kappa shape index (κ3) is 4.18. The molecule has 6 nitrogen and oxygen atoms in total. The largest absolute Gasteiger partial charge is 0.496 e. The summed E-state index contributed by atoms with van der Waals surface area (Å²) in [7, 11) is 5.01. The molecule has 1 aliphatic rings. The lowest BCUT2D eigenvalue weighted by atomic mass is 9.92. The molecule has 33 heavy (non-hydrogen) atoms. The van der Waals surface area contributed by atoms with E-state index in [1.807, 2.05) is 62.4 Å². The standard InChI is InChI=1S/C26H27ClN2O4/c1-26(2)25(30)29(3)24-19(15-33-23-9-7-6-8-22(23)32-5)17(11-12-20(24)28-26)18-14-16(27)10-13-21(18)31-4/h6-14,28H,15H2,1-5H3. The Labute approximate surface area is 199 Å². The Morgan fingerprint density at radius 1 is 0.939 bits per heavy atom. The van der Waals surface area contributed by atoms with Gasteiger partial charge in [-0.25, -0.2) is 0 Å². The molecule has 4 rings (SSSR count). The first-order valence-electron chi connectivity index (χ1n) is 10.6. The number of amides is 1. The maximum absolute atomic E-state index is 13.1. The van der Waals surface area contributed by atoms with Crippen LogP contribution in [0.4, 0.5) is 11.4 Å². The van der Waals surface area contributed by atoms with E-state index < -0.39 is 5.54 Å². The molecular weight excluding hydrogens is 440 g/mol. The molecule has 0 radical (unpaired) electrons. The average Bonchev–Trinajstić information content (AvgIpc) is 2.81. The van der Waals surface area contributed by atoms with Crippen LogP contribution in [-0.2, 0) is 11.4 Å². The first-order valence-corrected chi connectivity index (χ1v) is 11.0. The van der Waals surface area contributed by atoms with Gasteiger partial charge in [-0.1, -0.05) is 29.8 Å². The summed E-state index contributed by atoms with van der Waals surface area (Å²) >= 11 is 6.34. The summed E-state index contributed by atoms with van der Waals surface area (Å²) in [5.41, 5.74) is 3.40. The summed E-state index contributed by atoms with van der Waals surface area (Å²) in [5.74, 6) is 1.88. The minimum absolute atomic E-state index is 0.0382. The van der Waals surface area contributed by atoms with E-state index >= 15 is 0 Å². The van der Waals surface area contributed by atoms with E-state index in [2.05, 4.69) is 5.32 Å². The van der Waals surface area contributed by atoms with Gasteiger partial charge < -0.3 is 24.4 Å². The Morgan fingerprint density at radius 2 is 1.64 bits per heavy atom. The zero-order valence-corrected chi connectivity index (χ0v) is 20.1. The van der Waals surface area contributed by atoms with Gasteiger partial charge in [0.05, 0.1) is 25.6 Å². The summed E-state index contributed by atoms with van der Waals surface area (Å²) in [6, 6.07) is 16.9. The number of nitrogens with one attached hydrogen (secondary N) is 1. The fourth-order valence-electron chi connectivity index (χ4n) is 4.21. The third-order valence-corrected chi connectivity index (χ3v) is 6.03. The Kier molecular flexibility index (Phi) is 6.13. The van der Waals surface area contributed by atoms with Gasteiger partial charge in [-0.3, -0.25) is 4.79 Å². The highest BCUT2D eigenvalue weighted by Crippen LogP contribution is 2.45. The van der Waals surface area contributed by atoms with E-state index in [9.17, 15) is 4.79 Å². The first kappa shape index (κ1) is 22.8. The van der Waals surface area contributed by atoms with Crippen molar-refractivity contribution < 1.29 is 19.0 Å². The molecule has 0 fully saturated rings. The van der Waals surface area contributed by atoms with Crippen molar-refractivity contribution >= 4 is 28.9 Å². The summed E-state index contributed by atoms with van der Waals surface area (Å²) in [5, 5.41) is 3.95. The number of carbonyl (C=O) groups is 1. The number of para-hydroxylation sites is 2. The second-order valence-electron chi connectivity index (χ2n) is 8.39.